The molecule has 1 aromatic rings. The van der Waals surface area contributed by atoms with E-state index in [1.165, 1.54) is 0 Å². The van der Waals surface area contributed by atoms with Gasteiger partial charge in [0.1, 0.15) is 0 Å². The molecule has 2 heterocycles. The first-order chi connectivity index (χ1) is 14.8. The number of urea groups is 1. The predicted molar refractivity (Wildman–Crippen MR) is 114 cm³/mol. The number of rotatable bonds is 9. The molecule has 9 heteroatoms. The van der Waals surface area contributed by atoms with Crippen molar-refractivity contribution in [3.63, 3.8) is 0 Å². The summed E-state index contributed by atoms with van der Waals surface area (Å²) >= 11 is 0. The van der Waals surface area contributed by atoms with Crippen molar-refractivity contribution in [1.82, 2.24) is 10.2 Å². The van der Waals surface area contributed by atoms with Crippen molar-refractivity contribution in [3.05, 3.63) is 24.3 Å². The Morgan fingerprint density at radius 1 is 1.00 bits per heavy atom. The lowest BCUT2D eigenvalue weighted by Crippen LogP contribution is -2.49. The molecule has 170 valence electrons. The second-order valence-corrected chi connectivity index (χ2v) is 8.13. The fraction of sp³-hybridized carbons (Fsp3) is 0.591. The Morgan fingerprint density at radius 3 is 2.35 bits per heavy atom. The van der Waals surface area contributed by atoms with Gasteiger partial charge in [0.25, 0.3) is 5.92 Å². The van der Waals surface area contributed by atoms with Crippen LogP contribution in [0.25, 0.3) is 0 Å². The minimum atomic E-state index is -2.62. The molecule has 0 saturated carbocycles. The van der Waals surface area contributed by atoms with E-state index in [4.69, 9.17) is 0 Å². The van der Waals surface area contributed by atoms with E-state index in [1.807, 2.05) is 24.3 Å². The van der Waals surface area contributed by atoms with Crippen molar-refractivity contribution in [2.45, 2.75) is 57.3 Å². The van der Waals surface area contributed by atoms with Crippen molar-refractivity contribution in [2.24, 2.45) is 0 Å². The summed E-state index contributed by atoms with van der Waals surface area (Å²) in [6, 6.07) is 7.10. The summed E-state index contributed by atoms with van der Waals surface area (Å²) in [6.45, 7) is 1.50. The number of hydrogen-bond donors (Lipinski definition) is 2. The molecule has 2 aliphatic heterocycles. The molecule has 0 aliphatic carbocycles. The molecule has 2 fully saturated rings. The third-order valence-corrected chi connectivity index (χ3v) is 5.73. The van der Waals surface area contributed by atoms with Gasteiger partial charge in [0, 0.05) is 63.2 Å². The van der Waals surface area contributed by atoms with Crippen LogP contribution in [-0.2, 0) is 9.59 Å². The topological polar surface area (TPSA) is 81.8 Å². The molecule has 4 amide bonds. The van der Waals surface area contributed by atoms with E-state index in [0.717, 1.165) is 43.6 Å². The van der Waals surface area contributed by atoms with Crippen molar-refractivity contribution < 1.29 is 23.2 Å². The van der Waals surface area contributed by atoms with E-state index >= 15 is 0 Å². The molecule has 3 rings (SSSR count). The molecule has 7 nitrogen and oxygen atoms in total. The number of halogens is 2. The first-order valence-electron chi connectivity index (χ1n) is 10.9. The maximum Gasteiger partial charge on any atom is 0.328 e. The fourth-order valence-corrected chi connectivity index (χ4v) is 3.80. The molecular formula is C22H30F2N4O3. The average molecular weight is 437 g/mol. The molecule has 0 spiro atoms. The number of anilines is 2. The Hall–Kier alpha value is -2.71. The molecule has 2 saturated heterocycles. The first-order valence-corrected chi connectivity index (χ1v) is 10.9. The van der Waals surface area contributed by atoms with Gasteiger partial charge in [-0.2, -0.15) is 0 Å². The Morgan fingerprint density at radius 2 is 1.68 bits per heavy atom. The van der Waals surface area contributed by atoms with Gasteiger partial charge in [-0.05, 0) is 37.1 Å². The second-order valence-electron chi connectivity index (χ2n) is 8.13. The number of benzene rings is 1. The molecule has 0 radical (unpaired) electrons. The Bertz CT molecular complexity index is 775. The summed E-state index contributed by atoms with van der Waals surface area (Å²) in [5.41, 5.74) is 1.70. The second kappa shape index (κ2) is 10.5. The third kappa shape index (κ3) is 6.90. The lowest BCUT2D eigenvalue weighted by molar-refractivity contribution is -0.137. The number of carbonyl (C=O) groups excluding carboxylic acids is 3. The minimum Gasteiger partial charge on any atom is -0.385 e. The van der Waals surface area contributed by atoms with Crippen LogP contribution in [0.15, 0.2) is 24.3 Å². The Kier molecular flexibility index (Phi) is 7.81. The van der Waals surface area contributed by atoms with E-state index in [-0.39, 0.29) is 37.7 Å². The lowest BCUT2D eigenvalue weighted by atomic mass is 10.1. The van der Waals surface area contributed by atoms with Crippen LogP contribution >= 0.6 is 0 Å². The van der Waals surface area contributed by atoms with Crippen LogP contribution in [-0.4, -0.2) is 54.8 Å². The highest BCUT2D eigenvalue weighted by atomic mass is 19.3. The number of piperidine rings is 1. The van der Waals surface area contributed by atoms with E-state index in [0.29, 0.717) is 19.4 Å². The van der Waals surface area contributed by atoms with E-state index in [1.54, 1.807) is 9.80 Å². The molecule has 31 heavy (non-hydrogen) atoms. The van der Waals surface area contributed by atoms with Gasteiger partial charge in [0.05, 0.1) is 0 Å². The normalized spacial score (nSPS) is 18.6. The fourth-order valence-electron chi connectivity index (χ4n) is 3.80. The first kappa shape index (κ1) is 23.0. The summed E-state index contributed by atoms with van der Waals surface area (Å²) in [6.07, 6.45) is 3.93. The van der Waals surface area contributed by atoms with Crippen molar-refractivity contribution in [3.8, 4) is 0 Å². The highest BCUT2D eigenvalue weighted by Gasteiger charge is 2.35. The summed E-state index contributed by atoms with van der Waals surface area (Å²) < 4.78 is 26.3. The van der Waals surface area contributed by atoms with Crippen molar-refractivity contribution in [1.29, 1.82) is 0 Å². The van der Waals surface area contributed by atoms with Crippen molar-refractivity contribution >= 4 is 29.2 Å². The third-order valence-electron chi connectivity index (χ3n) is 5.73. The standard InChI is InChI=1S/C22H30F2N4O3/c23-22(24)11-15-27(16-12-22)20(30)5-3-1-2-4-13-25-17-6-8-18(9-7-17)28-14-10-19(29)26-21(28)31/h6-9,25H,1-5,10-16H2,(H,26,29,31). The Balaban J connectivity index is 1.26. The number of likely N-dealkylation sites (tertiary alicyclic amines) is 1. The van der Waals surface area contributed by atoms with Crippen LogP contribution in [0.2, 0.25) is 0 Å². The Labute approximate surface area is 181 Å². The maximum absolute atomic E-state index is 13.1. The maximum atomic E-state index is 13.1. The summed E-state index contributed by atoms with van der Waals surface area (Å²) in [5.74, 6) is -2.88. The molecule has 0 atom stereocenters. The number of unbranched alkanes of at least 4 members (excludes halogenated alkanes) is 3. The quantitative estimate of drug-likeness (QED) is 0.578. The van der Waals surface area contributed by atoms with Gasteiger partial charge in [-0.3, -0.25) is 19.8 Å². The van der Waals surface area contributed by atoms with Gasteiger partial charge in [0.2, 0.25) is 11.8 Å². The molecule has 0 unspecified atom stereocenters. The van der Waals surface area contributed by atoms with Gasteiger partial charge in [0.15, 0.2) is 0 Å². The highest BCUT2D eigenvalue weighted by Crippen LogP contribution is 2.28. The lowest BCUT2D eigenvalue weighted by Gasteiger charge is -2.31. The van der Waals surface area contributed by atoms with Crippen LogP contribution in [0.1, 0.15) is 51.4 Å². The zero-order valence-corrected chi connectivity index (χ0v) is 17.7. The van der Waals surface area contributed by atoms with Crippen molar-refractivity contribution in [2.75, 3.05) is 36.4 Å². The molecule has 2 aliphatic rings. The summed E-state index contributed by atoms with van der Waals surface area (Å²) in [4.78, 5) is 38.3. The van der Waals surface area contributed by atoms with Crippen LogP contribution in [0.3, 0.4) is 0 Å². The molecule has 2 N–H and O–H groups in total. The van der Waals surface area contributed by atoms with E-state index in [2.05, 4.69) is 10.6 Å². The monoisotopic (exact) mass is 436 g/mol. The molecule has 1 aromatic carbocycles. The average Bonchev–Trinajstić information content (AvgIpc) is 2.73. The van der Waals surface area contributed by atoms with Gasteiger partial charge < -0.3 is 10.2 Å². The van der Waals surface area contributed by atoms with Crippen LogP contribution in [0.5, 0.6) is 0 Å². The number of nitrogens with zero attached hydrogens (tertiary/aromatic N) is 2. The zero-order valence-electron chi connectivity index (χ0n) is 17.7. The van der Waals surface area contributed by atoms with Gasteiger partial charge in [-0.25, -0.2) is 13.6 Å². The highest BCUT2D eigenvalue weighted by molar-refractivity contribution is 6.05. The van der Waals surface area contributed by atoms with Crippen LogP contribution in [0.4, 0.5) is 25.0 Å². The SMILES string of the molecule is O=C1CCN(c2ccc(NCCCCCCC(=O)N3CCC(F)(F)CC3)cc2)C(=O)N1. The summed E-state index contributed by atoms with van der Waals surface area (Å²) in [5, 5.41) is 5.64. The minimum absolute atomic E-state index is 0.0135. The van der Waals surface area contributed by atoms with Gasteiger partial charge in [-0.1, -0.05) is 12.8 Å². The molecular weight excluding hydrogens is 406 g/mol. The smallest absolute Gasteiger partial charge is 0.328 e. The largest absolute Gasteiger partial charge is 0.385 e. The number of hydrogen-bond acceptors (Lipinski definition) is 4. The number of carbonyl (C=O) groups is 3. The molecule has 0 bridgehead atoms. The van der Waals surface area contributed by atoms with Gasteiger partial charge >= 0.3 is 6.03 Å². The van der Waals surface area contributed by atoms with E-state index < -0.39 is 12.0 Å². The van der Waals surface area contributed by atoms with E-state index in [9.17, 15) is 23.2 Å². The number of imide groups is 1. The van der Waals surface area contributed by atoms with Crippen LogP contribution < -0.4 is 15.5 Å². The number of alkyl halides is 2. The predicted octanol–water partition coefficient (Wildman–Crippen LogP) is 3.75. The zero-order chi connectivity index (χ0) is 22.3. The summed E-state index contributed by atoms with van der Waals surface area (Å²) in [7, 11) is 0. The van der Waals surface area contributed by atoms with Crippen LogP contribution in [0, 0.1) is 0 Å². The number of amides is 4. The number of nitrogens with one attached hydrogen (secondary N) is 2. The molecule has 0 aromatic heterocycles. The van der Waals surface area contributed by atoms with Gasteiger partial charge in [-0.15, -0.1) is 0 Å².